The first-order valence-electron chi connectivity index (χ1n) is 9.02. The summed E-state index contributed by atoms with van der Waals surface area (Å²) in [7, 11) is 0. The molecule has 1 spiro atoms. The number of hydrogen-bond donors (Lipinski definition) is 1. The lowest BCUT2D eigenvalue weighted by atomic mass is 9.74. The standard InChI is InChI=1S/C18H33NO/c1-14(2)15-5-6-17(20)16(13-15)19-11-9-18(10-12-19)7-3-4-8-18/h14-17,20H,3-13H2,1-2H3. The van der Waals surface area contributed by atoms with Gasteiger partial charge in [-0.2, -0.15) is 0 Å². The van der Waals surface area contributed by atoms with Crippen LogP contribution in [0.1, 0.15) is 71.6 Å². The number of nitrogens with zero attached hydrogens (tertiary/aromatic N) is 1. The van der Waals surface area contributed by atoms with Gasteiger partial charge in [-0.25, -0.2) is 0 Å². The summed E-state index contributed by atoms with van der Waals surface area (Å²) in [5, 5.41) is 10.4. The first-order valence-corrected chi connectivity index (χ1v) is 9.02. The van der Waals surface area contributed by atoms with Crippen LogP contribution < -0.4 is 0 Å². The maximum Gasteiger partial charge on any atom is 0.0695 e. The Labute approximate surface area is 124 Å². The smallest absolute Gasteiger partial charge is 0.0695 e. The van der Waals surface area contributed by atoms with Gasteiger partial charge in [0, 0.05) is 6.04 Å². The van der Waals surface area contributed by atoms with Crippen LogP contribution in [0, 0.1) is 17.3 Å². The van der Waals surface area contributed by atoms with E-state index in [9.17, 15) is 5.11 Å². The molecule has 2 saturated carbocycles. The molecule has 1 N–H and O–H groups in total. The van der Waals surface area contributed by atoms with E-state index in [1.54, 1.807) is 0 Å². The molecule has 0 aromatic carbocycles. The number of rotatable bonds is 2. The molecule has 20 heavy (non-hydrogen) atoms. The average molecular weight is 279 g/mol. The van der Waals surface area contributed by atoms with E-state index in [1.165, 1.54) is 64.5 Å². The van der Waals surface area contributed by atoms with E-state index in [2.05, 4.69) is 18.7 Å². The minimum Gasteiger partial charge on any atom is -0.391 e. The maximum absolute atomic E-state index is 10.4. The van der Waals surface area contributed by atoms with Gasteiger partial charge in [0.05, 0.1) is 6.10 Å². The third kappa shape index (κ3) is 2.92. The summed E-state index contributed by atoms with van der Waals surface area (Å²) in [4.78, 5) is 2.64. The zero-order chi connectivity index (χ0) is 14.2. The van der Waals surface area contributed by atoms with Crippen molar-refractivity contribution in [1.82, 2.24) is 4.90 Å². The first-order chi connectivity index (χ1) is 9.60. The van der Waals surface area contributed by atoms with Crippen LogP contribution >= 0.6 is 0 Å². The van der Waals surface area contributed by atoms with Gasteiger partial charge < -0.3 is 5.11 Å². The molecule has 3 rings (SSSR count). The monoisotopic (exact) mass is 279 g/mol. The molecule has 3 aliphatic rings. The molecule has 2 nitrogen and oxygen atoms in total. The van der Waals surface area contributed by atoms with E-state index in [1.807, 2.05) is 0 Å². The molecule has 116 valence electrons. The van der Waals surface area contributed by atoms with E-state index in [4.69, 9.17) is 0 Å². The summed E-state index contributed by atoms with van der Waals surface area (Å²) in [5.74, 6) is 1.60. The molecule has 0 aromatic rings. The van der Waals surface area contributed by atoms with Gasteiger partial charge in [0.2, 0.25) is 0 Å². The maximum atomic E-state index is 10.4. The quantitative estimate of drug-likeness (QED) is 0.830. The van der Waals surface area contributed by atoms with E-state index in [0.717, 1.165) is 18.3 Å². The Morgan fingerprint density at radius 2 is 1.65 bits per heavy atom. The predicted octanol–water partition coefficient (Wildman–Crippen LogP) is 3.83. The molecule has 0 amide bonds. The number of aliphatic hydroxyl groups is 1. The molecule has 1 aliphatic heterocycles. The van der Waals surface area contributed by atoms with Gasteiger partial charge in [-0.1, -0.05) is 26.7 Å². The van der Waals surface area contributed by atoms with Crippen LogP contribution in [-0.2, 0) is 0 Å². The molecule has 3 unspecified atom stereocenters. The van der Waals surface area contributed by atoms with Crippen molar-refractivity contribution in [3.05, 3.63) is 0 Å². The van der Waals surface area contributed by atoms with E-state index in [0.29, 0.717) is 11.5 Å². The molecular formula is C18H33NO. The van der Waals surface area contributed by atoms with Crippen molar-refractivity contribution in [2.24, 2.45) is 17.3 Å². The van der Waals surface area contributed by atoms with E-state index >= 15 is 0 Å². The molecule has 0 aromatic heterocycles. The number of piperidine rings is 1. The van der Waals surface area contributed by atoms with Gasteiger partial charge in [0.15, 0.2) is 0 Å². The van der Waals surface area contributed by atoms with Crippen LogP contribution in [0.15, 0.2) is 0 Å². The Balaban J connectivity index is 1.58. The fraction of sp³-hybridized carbons (Fsp3) is 1.00. The van der Waals surface area contributed by atoms with Gasteiger partial charge in [0.1, 0.15) is 0 Å². The minimum atomic E-state index is -0.0670. The molecule has 0 radical (unpaired) electrons. The van der Waals surface area contributed by atoms with E-state index in [-0.39, 0.29) is 6.10 Å². The molecule has 1 heterocycles. The first kappa shape index (κ1) is 14.8. The largest absolute Gasteiger partial charge is 0.391 e. The third-order valence-corrected chi connectivity index (χ3v) is 6.76. The third-order valence-electron chi connectivity index (χ3n) is 6.76. The van der Waals surface area contributed by atoms with Crippen LogP contribution in [0.4, 0.5) is 0 Å². The number of hydrogen-bond acceptors (Lipinski definition) is 2. The highest BCUT2D eigenvalue weighted by Gasteiger charge is 2.41. The SMILES string of the molecule is CC(C)C1CCC(O)C(N2CCC3(CCCC3)CC2)C1. The van der Waals surface area contributed by atoms with Crippen molar-refractivity contribution in [3.8, 4) is 0 Å². The summed E-state index contributed by atoms with van der Waals surface area (Å²) in [6.07, 6.45) is 12.1. The lowest BCUT2D eigenvalue weighted by Crippen LogP contribution is -2.52. The minimum absolute atomic E-state index is 0.0670. The highest BCUT2D eigenvalue weighted by molar-refractivity contribution is 4.94. The lowest BCUT2D eigenvalue weighted by Gasteiger charge is -2.47. The predicted molar refractivity (Wildman–Crippen MR) is 83.7 cm³/mol. The molecule has 2 aliphatic carbocycles. The van der Waals surface area contributed by atoms with Crippen LogP contribution in [0.5, 0.6) is 0 Å². The van der Waals surface area contributed by atoms with Crippen molar-refractivity contribution in [3.63, 3.8) is 0 Å². The zero-order valence-electron chi connectivity index (χ0n) is 13.5. The van der Waals surface area contributed by atoms with Crippen molar-refractivity contribution in [2.45, 2.75) is 83.8 Å². The Morgan fingerprint density at radius 3 is 2.25 bits per heavy atom. The molecule has 3 fully saturated rings. The van der Waals surface area contributed by atoms with Crippen molar-refractivity contribution in [1.29, 1.82) is 0 Å². The summed E-state index contributed by atoms with van der Waals surface area (Å²) in [5.41, 5.74) is 0.702. The Morgan fingerprint density at radius 1 is 1.00 bits per heavy atom. The number of likely N-dealkylation sites (tertiary alicyclic amines) is 1. The second-order valence-electron chi connectivity index (χ2n) is 8.19. The number of aliphatic hydroxyl groups excluding tert-OH is 1. The van der Waals surface area contributed by atoms with Gasteiger partial charge in [0.25, 0.3) is 0 Å². The van der Waals surface area contributed by atoms with Crippen molar-refractivity contribution < 1.29 is 5.11 Å². The average Bonchev–Trinajstić information content (AvgIpc) is 2.89. The van der Waals surface area contributed by atoms with Gasteiger partial charge in [-0.05, 0) is 75.3 Å². The van der Waals surface area contributed by atoms with E-state index < -0.39 is 0 Å². The fourth-order valence-corrected chi connectivity index (χ4v) is 5.12. The Kier molecular flexibility index (Phi) is 4.42. The zero-order valence-corrected chi connectivity index (χ0v) is 13.5. The van der Waals surface area contributed by atoms with Crippen LogP contribution in [0.3, 0.4) is 0 Å². The second-order valence-corrected chi connectivity index (χ2v) is 8.19. The van der Waals surface area contributed by atoms with Crippen LogP contribution in [0.25, 0.3) is 0 Å². The van der Waals surface area contributed by atoms with Crippen LogP contribution in [0.2, 0.25) is 0 Å². The molecule has 3 atom stereocenters. The van der Waals surface area contributed by atoms with Crippen molar-refractivity contribution >= 4 is 0 Å². The Bertz CT molecular complexity index is 311. The normalized spacial score (nSPS) is 38.7. The molecule has 2 heteroatoms. The Hall–Kier alpha value is -0.0800. The topological polar surface area (TPSA) is 23.5 Å². The summed E-state index contributed by atoms with van der Waals surface area (Å²) in [6, 6.07) is 0.454. The highest BCUT2D eigenvalue weighted by Crippen LogP contribution is 2.47. The van der Waals surface area contributed by atoms with Crippen molar-refractivity contribution in [2.75, 3.05) is 13.1 Å². The highest BCUT2D eigenvalue weighted by atomic mass is 16.3. The summed E-state index contributed by atoms with van der Waals surface area (Å²) >= 11 is 0. The van der Waals surface area contributed by atoms with Crippen LogP contribution in [-0.4, -0.2) is 35.2 Å². The van der Waals surface area contributed by atoms with Gasteiger partial charge >= 0.3 is 0 Å². The summed E-state index contributed by atoms with van der Waals surface area (Å²) < 4.78 is 0. The molecular weight excluding hydrogens is 246 g/mol. The fourth-order valence-electron chi connectivity index (χ4n) is 5.12. The molecule has 1 saturated heterocycles. The molecule has 0 bridgehead atoms. The summed E-state index contributed by atoms with van der Waals surface area (Å²) in [6.45, 7) is 7.19. The second kappa shape index (κ2) is 5.96. The van der Waals surface area contributed by atoms with Gasteiger partial charge in [-0.3, -0.25) is 4.90 Å². The van der Waals surface area contributed by atoms with Gasteiger partial charge in [-0.15, -0.1) is 0 Å². The lowest BCUT2D eigenvalue weighted by molar-refractivity contribution is -0.0292.